The van der Waals surface area contributed by atoms with Gasteiger partial charge in [0.1, 0.15) is 30.9 Å². The fourth-order valence-electron chi connectivity index (χ4n) is 4.64. The molecule has 13 heteroatoms. The standard InChI is InChI=1S/C35H43N5O8/c1-22(2)40(34(42)48-35(4,5)6)24-9-11-28(36-20-24)26-17-25(10-12-29(26)39-23(3)41)47-33-27-18-31(45-15-13-43-7)32(46-16-14-44-8)19-30(27)37-21-38-33/h9-12,17-22H,13-16H2,1-8H3,(H,39,41). The molecule has 1 N–H and O–H groups in total. The Kier molecular flexibility index (Phi) is 12.1. The Labute approximate surface area is 280 Å². The SMILES string of the molecule is COCCOc1cc2ncnc(Oc3ccc(NC(C)=O)c(-c4ccc(N(C(=O)OC(C)(C)C)C(C)C)cn4)c3)c2cc1OCCOC. The average Bonchev–Trinajstić information content (AvgIpc) is 3.01. The number of nitrogens with one attached hydrogen (secondary N) is 1. The van der Waals surface area contributed by atoms with Gasteiger partial charge in [-0.05, 0) is 71.0 Å². The summed E-state index contributed by atoms with van der Waals surface area (Å²) in [6, 6.07) is 12.1. The van der Waals surface area contributed by atoms with Gasteiger partial charge in [-0.25, -0.2) is 14.8 Å². The van der Waals surface area contributed by atoms with Crippen LogP contribution in [0.15, 0.2) is 55.0 Å². The quantitative estimate of drug-likeness (QED) is 0.145. The molecule has 0 bridgehead atoms. The lowest BCUT2D eigenvalue weighted by atomic mass is 10.1. The molecule has 2 heterocycles. The van der Waals surface area contributed by atoms with Gasteiger partial charge in [-0.3, -0.25) is 14.7 Å². The number of anilines is 2. The number of fused-ring (bicyclic) bond motifs is 1. The summed E-state index contributed by atoms with van der Waals surface area (Å²) in [5.74, 6) is 1.45. The number of pyridine rings is 1. The van der Waals surface area contributed by atoms with Crippen molar-refractivity contribution in [2.75, 3.05) is 50.9 Å². The molecule has 0 aliphatic carbocycles. The van der Waals surface area contributed by atoms with E-state index in [0.29, 0.717) is 77.2 Å². The lowest BCUT2D eigenvalue weighted by molar-refractivity contribution is -0.114. The zero-order valence-electron chi connectivity index (χ0n) is 28.7. The second-order valence-corrected chi connectivity index (χ2v) is 12.0. The monoisotopic (exact) mass is 661 g/mol. The van der Waals surface area contributed by atoms with Gasteiger partial charge in [0.2, 0.25) is 11.8 Å². The Bertz CT molecular complexity index is 1710. The molecular formula is C35H43N5O8. The van der Waals surface area contributed by atoms with Crippen molar-refractivity contribution >= 4 is 34.3 Å². The third-order valence-electron chi connectivity index (χ3n) is 6.68. The minimum absolute atomic E-state index is 0.180. The molecule has 0 saturated heterocycles. The van der Waals surface area contributed by atoms with E-state index in [0.717, 1.165) is 0 Å². The lowest BCUT2D eigenvalue weighted by Gasteiger charge is -2.30. The first-order chi connectivity index (χ1) is 22.9. The van der Waals surface area contributed by atoms with Crippen molar-refractivity contribution in [1.29, 1.82) is 0 Å². The molecular weight excluding hydrogens is 618 g/mol. The number of hydrogen-bond donors (Lipinski definition) is 1. The van der Waals surface area contributed by atoms with E-state index in [1.54, 1.807) is 62.9 Å². The smallest absolute Gasteiger partial charge is 0.415 e. The highest BCUT2D eigenvalue weighted by atomic mass is 16.6. The molecule has 0 atom stereocenters. The predicted molar refractivity (Wildman–Crippen MR) is 182 cm³/mol. The first kappa shape index (κ1) is 35.8. The topological polar surface area (TPSA) is 143 Å². The van der Waals surface area contributed by atoms with Crippen LogP contribution >= 0.6 is 0 Å². The minimum Gasteiger partial charge on any atom is -0.487 e. The van der Waals surface area contributed by atoms with Crippen LogP contribution < -0.4 is 24.4 Å². The van der Waals surface area contributed by atoms with Gasteiger partial charge >= 0.3 is 6.09 Å². The van der Waals surface area contributed by atoms with Crippen molar-refractivity contribution in [3.63, 3.8) is 0 Å². The van der Waals surface area contributed by atoms with Crippen molar-refractivity contribution < 1.29 is 38.0 Å². The Hall–Kier alpha value is -5.01. The lowest BCUT2D eigenvalue weighted by Crippen LogP contribution is -2.41. The molecule has 2 amide bonds. The summed E-state index contributed by atoms with van der Waals surface area (Å²) < 4.78 is 34.0. The summed E-state index contributed by atoms with van der Waals surface area (Å²) in [7, 11) is 3.20. The third-order valence-corrected chi connectivity index (χ3v) is 6.68. The summed E-state index contributed by atoms with van der Waals surface area (Å²) in [5.41, 5.74) is 2.16. The second-order valence-electron chi connectivity index (χ2n) is 12.0. The van der Waals surface area contributed by atoms with Crippen LogP contribution in [0, 0.1) is 0 Å². The van der Waals surface area contributed by atoms with E-state index in [4.69, 9.17) is 28.4 Å². The summed E-state index contributed by atoms with van der Waals surface area (Å²) in [4.78, 5) is 40.1. The summed E-state index contributed by atoms with van der Waals surface area (Å²) in [6.07, 6.45) is 2.53. The van der Waals surface area contributed by atoms with Crippen molar-refractivity contribution in [2.24, 2.45) is 0 Å². The largest absolute Gasteiger partial charge is 0.487 e. The van der Waals surface area contributed by atoms with Crippen LogP contribution in [-0.2, 0) is 19.0 Å². The van der Waals surface area contributed by atoms with Crippen LogP contribution in [-0.4, -0.2) is 79.2 Å². The highest BCUT2D eigenvalue weighted by molar-refractivity contribution is 5.94. The van der Waals surface area contributed by atoms with Crippen LogP contribution in [0.1, 0.15) is 41.5 Å². The molecule has 0 unspecified atom stereocenters. The predicted octanol–water partition coefficient (Wildman–Crippen LogP) is 6.64. The fourth-order valence-corrected chi connectivity index (χ4v) is 4.64. The highest BCUT2D eigenvalue weighted by Gasteiger charge is 2.26. The summed E-state index contributed by atoms with van der Waals surface area (Å²) in [5, 5.41) is 3.45. The Morgan fingerprint density at radius 1 is 0.875 bits per heavy atom. The first-order valence-electron chi connectivity index (χ1n) is 15.5. The molecule has 0 radical (unpaired) electrons. The van der Waals surface area contributed by atoms with Crippen molar-refractivity contribution in [2.45, 2.75) is 53.2 Å². The number of aromatic nitrogens is 3. The van der Waals surface area contributed by atoms with Gasteiger partial charge in [-0.2, -0.15) is 0 Å². The van der Waals surface area contributed by atoms with Gasteiger partial charge in [0.05, 0.1) is 47.4 Å². The van der Waals surface area contributed by atoms with E-state index in [-0.39, 0.29) is 17.8 Å². The number of methoxy groups -OCH3 is 2. The van der Waals surface area contributed by atoms with Gasteiger partial charge in [0.25, 0.3) is 0 Å². The van der Waals surface area contributed by atoms with E-state index in [1.165, 1.54) is 18.2 Å². The summed E-state index contributed by atoms with van der Waals surface area (Å²) in [6.45, 7) is 12.1. The first-order valence-corrected chi connectivity index (χ1v) is 15.5. The van der Waals surface area contributed by atoms with Gasteiger partial charge in [0.15, 0.2) is 11.5 Å². The van der Waals surface area contributed by atoms with Gasteiger partial charge in [-0.1, -0.05) is 0 Å². The van der Waals surface area contributed by atoms with E-state index < -0.39 is 11.7 Å². The van der Waals surface area contributed by atoms with Gasteiger partial charge in [-0.15, -0.1) is 0 Å². The molecule has 0 saturated carbocycles. The molecule has 4 aromatic rings. The van der Waals surface area contributed by atoms with Crippen LogP contribution in [0.2, 0.25) is 0 Å². The average molecular weight is 662 g/mol. The molecule has 0 fully saturated rings. The van der Waals surface area contributed by atoms with Crippen LogP contribution in [0.3, 0.4) is 0 Å². The van der Waals surface area contributed by atoms with E-state index >= 15 is 0 Å². The fraction of sp³-hybridized carbons (Fsp3) is 0.400. The number of carbonyl (C=O) groups is 2. The van der Waals surface area contributed by atoms with Crippen LogP contribution in [0.25, 0.3) is 22.2 Å². The zero-order chi connectivity index (χ0) is 34.8. The highest BCUT2D eigenvalue weighted by Crippen LogP contribution is 2.38. The molecule has 256 valence electrons. The van der Waals surface area contributed by atoms with Crippen LogP contribution in [0.5, 0.6) is 23.1 Å². The number of hydrogen-bond acceptors (Lipinski definition) is 11. The van der Waals surface area contributed by atoms with Crippen molar-refractivity contribution in [1.82, 2.24) is 15.0 Å². The van der Waals surface area contributed by atoms with Crippen LogP contribution in [0.4, 0.5) is 16.2 Å². The molecule has 0 spiro atoms. The number of benzene rings is 2. The Balaban J connectivity index is 1.70. The van der Waals surface area contributed by atoms with Crippen molar-refractivity contribution in [3.05, 3.63) is 55.0 Å². The number of amides is 2. The molecule has 0 aliphatic heterocycles. The molecule has 2 aromatic carbocycles. The maximum atomic E-state index is 13.0. The van der Waals surface area contributed by atoms with E-state index in [9.17, 15) is 9.59 Å². The van der Waals surface area contributed by atoms with Crippen molar-refractivity contribution in [3.8, 4) is 34.4 Å². The molecule has 48 heavy (non-hydrogen) atoms. The third kappa shape index (κ3) is 9.52. The Morgan fingerprint density at radius 2 is 1.56 bits per heavy atom. The maximum Gasteiger partial charge on any atom is 0.415 e. The molecule has 0 aliphatic rings. The Morgan fingerprint density at radius 3 is 2.15 bits per heavy atom. The minimum atomic E-state index is -0.654. The second kappa shape index (κ2) is 16.2. The maximum absolute atomic E-state index is 13.0. The zero-order valence-corrected chi connectivity index (χ0v) is 28.7. The normalized spacial score (nSPS) is 11.4. The molecule has 4 rings (SSSR count). The van der Waals surface area contributed by atoms with Gasteiger partial charge in [0, 0.05) is 38.8 Å². The number of rotatable bonds is 14. The molecule has 13 nitrogen and oxygen atoms in total. The number of ether oxygens (including phenoxy) is 6. The van der Waals surface area contributed by atoms with E-state index in [1.807, 2.05) is 34.6 Å². The van der Waals surface area contributed by atoms with E-state index in [2.05, 4.69) is 20.3 Å². The van der Waals surface area contributed by atoms with Gasteiger partial charge < -0.3 is 33.7 Å². The summed E-state index contributed by atoms with van der Waals surface area (Å²) >= 11 is 0. The number of nitrogens with zero attached hydrogens (tertiary/aromatic N) is 4. The molecule has 2 aromatic heterocycles. The number of carbonyl (C=O) groups excluding carboxylic acids is 2.